The summed E-state index contributed by atoms with van der Waals surface area (Å²) in [6.45, 7) is 4.40. The Bertz CT molecular complexity index is 2590. The van der Waals surface area contributed by atoms with E-state index < -0.39 is 0 Å². The van der Waals surface area contributed by atoms with Gasteiger partial charge in [0.15, 0.2) is 0 Å². The maximum atomic E-state index is 2.48. The molecule has 0 radical (unpaired) electrons. The molecular weight excluding hydrogens is 629 g/mol. The summed E-state index contributed by atoms with van der Waals surface area (Å²) >= 11 is 0. The van der Waals surface area contributed by atoms with E-state index in [4.69, 9.17) is 0 Å². The van der Waals surface area contributed by atoms with Crippen LogP contribution in [0.4, 0.5) is 17.1 Å². The second kappa shape index (κ2) is 13.2. The van der Waals surface area contributed by atoms with Crippen molar-refractivity contribution in [2.75, 3.05) is 4.90 Å². The molecule has 0 atom stereocenters. The molecule has 9 aromatic rings. The van der Waals surface area contributed by atoms with Crippen LogP contribution in [0.2, 0.25) is 0 Å². The van der Waals surface area contributed by atoms with Crippen LogP contribution in [0.15, 0.2) is 194 Å². The predicted molar refractivity (Wildman–Crippen MR) is 221 cm³/mol. The van der Waals surface area contributed by atoms with Crippen LogP contribution < -0.4 is 4.90 Å². The van der Waals surface area contributed by atoms with Gasteiger partial charge in [-0.2, -0.15) is 0 Å². The highest BCUT2D eigenvalue weighted by Crippen LogP contribution is 2.45. The normalized spacial score (nSPS) is 11.3. The summed E-state index contributed by atoms with van der Waals surface area (Å²) in [4.78, 5) is 2.42. The molecule has 0 unspecified atom stereocenters. The number of rotatable bonds is 7. The molecular formula is C50H38N2. The maximum Gasteiger partial charge on any atom is 0.0569 e. The van der Waals surface area contributed by atoms with E-state index in [0.717, 1.165) is 17.1 Å². The lowest BCUT2D eigenvalue weighted by molar-refractivity contribution is 1.15. The van der Waals surface area contributed by atoms with Gasteiger partial charge in [-0.1, -0.05) is 157 Å². The average Bonchev–Trinajstić information content (AvgIpc) is 3.54. The first-order valence-corrected chi connectivity index (χ1v) is 17.9. The molecule has 9 rings (SSSR count). The Morgan fingerprint density at radius 1 is 0.404 bits per heavy atom. The van der Waals surface area contributed by atoms with E-state index in [2.05, 4.69) is 217 Å². The predicted octanol–water partition coefficient (Wildman–Crippen LogP) is 13.9. The number of aryl methyl sites for hydroxylation is 2. The van der Waals surface area contributed by atoms with E-state index in [1.54, 1.807) is 0 Å². The van der Waals surface area contributed by atoms with Crippen molar-refractivity contribution in [3.63, 3.8) is 0 Å². The van der Waals surface area contributed by atoms with Gasteiger partial charge in [0.25, 0.3) is 0 Å². The van der Waals surface area contributed by atoms with E-state index in [9.17, 15) is 0 Å². The van der Waals surface area contributed by atoms with Crippen molar-refractivity contribution >= 4 is 38.9 Å². The van der Waals surface area contributed by atoms with Crippen molar-refractivity contribution in [2.45, 2.75) is 13.8 Å². The van der Waals surface area contributed by atoms with E-state index in [0.29, 0.717) is 0 Å². The Kier molecular flexibility index (Phi) is 7.98. The van der Waals surface area contributed by atoms with E-state index >= 15 is 0 Å². The molecule has 1 heterocycles. The van der Waals surface area contributed by atoms with Crippen LogP contribution in [0.3, 0.4) is 0 Å². The van der Waals surface area contributed by atoms with Gasteiger partial charge in [0.05, 0.1) is 22.4 Å². The van der Waals surface area contributed by atoms with Crippen molar-refractivity contribution in [1.82, 2.24) is 4.57 Å². The van der Waals surface area contributed by atoms with Gasteiger partial charge in [-0.15, -0.1) is 0 Å². The highest BCUT2D eigenvalue weighted by Gasteiger charge is 2.23. The van der Waals surface area contributed by atoms with Gasteiger partial charge in [0.2, 0.25) is 0 Å². The van der Waals surface area contributed by atoms with Gasteiger partial charge >= 0.3 is 0 Å². The number of benzene rings is 8. The molecule has 0 N–H and O–H groups in total. The highest BCUT2D eigenvalue weighted by atomic mass is 15.1. The lowest BCUT2D eigenvalue weighted by Crippen LogP contribution is -2.10. The fourth-order valence-corrected chi connectivity index (χ4v) is 7.72. The Morgan fingerprint density at radius 3 is 1.56 bits per heavy atom. The molecule has 0 fully saturated rings. The van der Waals surface area contributed by atoms with Crippen molar-refractivity contribution < 1.29 is 0 Å². The lowest BCUT2D eigenvalue weighted by atomic mass is 9.98. The van der Waals surface area contributed by atoms with Crippen LogP contribution in [0.5, 0.6) is 0 Å². The van der Waals surface area contributed by atoms with Gasteiger partial charge in [0, 0.05) is 27.7 Å². The molecule has 0 saturated heterocycles. The van der Waals surface area contributed by atoms with Crippen LogP contribution >= 0.6 is 0 Å². The summed E-state index contributed by atoms with van der Waals surface area (Å²) in [5, 5.41) is 2.44. The van der Waals surface area contributed by atoms with Crippen LogP contribution in [0.1, 0.15) is 11.1 Å². The first-order chi connectivity index (χ1) is 25.6. The molecule has 2 heteroatoms. The van der Waals surface area contributed by atoms with Crippen molar-refractivity contribution in [2.24, 2.45) is 0 Å². The molecule has 8 aromatic carbocycles. The smallest absolute Gasteiger partial charge is 0.0569 e. The van der Waals surface area contributed by atoms with Gasteiger partial charge in [0.1, 0.15) is 0 Å². The van der Waals surface area contributed by atoms with Crippen molar-refractivity contribution in [1.29, 1.82) is 0 Å². The molecule has 248 valence electrons. The zero-order valence-electron chi connectivity index (χ0n) is 29.4. The van der Waals surface area contributed by atoms with E-state index in [1.165, 1.54) is 72.0 Å². The first kappa shape index (κ1) is 31.3. The Morgan fingerprint density at radius 2 is 0.923 bits per heavy atom. The number of fused-ring (bicyclic) bond motifs is 3. The molecule has 0 aliphatic carbocycles. The Hall–Kier alpha value is -6.64. The quantitative estimate of drug-likeness (QED) is 0.164. The third-order valence-corrected chi connectivity index (χ3v) is 10.2. The summed E-state index contributed by atoms with van der Waals surface area (Å²) in [6.07, 6.45) is 0. The summed E-state index contributed by atoms with van der Waals surface area (Å²) in [7, 11) is 0. The molecule has 52 heavy (non-hydrogen) atoms. The number of aromatic nitrogens is 1. The van der Waals surface area contributed by atoms with Crippen molar-refractivity contribution in [3.8, 4) is 39.1 Å². The second-order valence-electron chi connectivity index (χ2n) is 13.5. The topological polar surface area (TPSA) is 8.17 Å². The van der Waals surface area contributed by atoms with Crippen LogP contribution in [-0.2, 0) is 0 Å². The number of anilines is 3. The fourth-order valence-electron chi connectivity index (χ4n) is 7.72. The molecule has 2 nitrogen and oxygen atoms in total. The number of nitrogens with zero attached hydrogens (tertiary/aromatic N) is 2. The van der Waals surface area contributed by atoms with E-state index in [-0.39, 0.29) is 0 Å². The Labute approximate surface area is 305 Å². The summed E-state index contributed by atoms with van der Waals surface area (Å²) in [5.74, 6) is 0. The second-order valence-corrected chi connectivity index (χ2v) is 13.5. The third-order valence-electron chi connectivity index (χ3n) is 10.2. The summed E-state index contributed by atoms with van der Waals surface area (Å²) in [6, 6.07) is 70.3. The standard InChI is InChI=1S/C50H38N2/c1-35-14-11-20-41(34-35)44-22-12-15-36(2)50(44)52-46-23-10-9-21-45(46)49-47(24-13-25-48(49)52)51(42-30-26-39(27-31-42)37-16-5-3-6-17-37)43-32-28-40(29-33-43)38-18-7-4-8-19-38/h3-34H,1-2H3. The monoisotopic (exact) mass is 666 g/mol. The van der Waals surface area contributed by atoms with Gasteiger partial charge in [-0.25, -0.2) is 0 Å². The van der Waals surface area contributed by atoms with Gasteiger partial charge in [-0.3, -0.25) is 0 Å². The Balaban J connectivity index is 1.29. The molecule has 0 aliphatic rings. The minimum Gasteiger partial charge on any atom is -0.310 e. The van der Waals surface area contributed by atoms with Crippen LogP contribution in [-0.4, -0.2) is 4.57 Å². The number of para-hydroxylation sites is 2. The molecule has 0 aliphatic heterocycles. The van der Waals surface area contributed by atoms with Gasteiger partial charge in [-0.05, 0) is 89.7 Å². The fraction of sp³-hybridized carbons (Fsp3) is 0.0400. The summed E-state index contributed by atoms with van der Waals surface area (Å²) in [5.41, 5.74) is 16.7. The molecule has 0 spiro atoms. The summed E-state index contributed by atoms with van der Waals surface area (Å²) < 4.78 is 2.48. The molecule has 1 aromatic heterocycles. The third kappa shape index (κ3) is 5.55. The zero-order valence-corrected chi connectivity index (χ0v) is 29.4. The van der Waals surface area contributed by atoms with Crippen LogP contribution in [0.25, 0.3) is 60.9 Å². The van der Waals surface area contributed by atoms with Crippen molar-refractivity contribution in [3.05, 3.63) is 205 Å². The molecule has 0 amide bonds. The molecule has 0 saturated carbocycles. The highest BCUT2D eigenvalue weighted by molar-refractivity contribution is 6.17. The number of hydrogen-bond acceptors (Lipinski definition) is 1. The minimum atomic E-state index is 1.10. The SMILES string of the molecule is Cc1cccc(-c2cccc(C)c2-n2c3ccccc3c3c(N(c4ccc(-c5ccccc5)cc4)c4ccc(-c5ccccc5)cc4)cccc32)c1. The molecule has 0 bridgehead atoms. The average molecular weight is 667 g/mol. The van der Waals surface area contributed by atoms with Gasteiger partial charge < -0.3 is 9.47 Å². The lowest BCUT2D eigenvalue weighted by Gasteiger charge is -2.27. The first-order valence-electron chi connectivity index (χ1n) is 17.9. The zero-order chi connectivity index (χ0) is 35.0. The minimum absolute atomic E-state index is 1.10. The van der Waals surface area contributed by atoms with E-state index in [1.807, 2.05) is 0 Å². The van der Waals surface area contributed by atoms with Crippen LogP contribution in [0, 0.1) is 13.8 Å². The maximum absolute atomic E-state index is 2.48. The largest absolute Gasteiger partial charge is 0.310 e. The number of hydrogen-bond donors (Lipinski definition) is 0.